The number of carbonyl (C=O) groups excluding carboxylic acids is 3. The molecular weight excluding hydrogens is 368 g/mol. The Balaban J connectivity index is 1.23. The van der Waals surface area contributed by atoms with Crippen molar-refractivity contribution in [3.63, 3.8) is 0 Å². The van der Waals surface area contributed by atoms with Gasteiger partial charge >= 0.3 is 0 Å². The average molecular weight is 396 g/mol. The first-order chi connectivity index (χ1) is 14.0. The van der Waals surface area contributed by atoms with Crippen LogP contribution in [0.15, 0.2) is 18.2 Å². The van der Waals surface area contributed by atoms with Crippen LogP contribution in [-0.4, -0.2) is 41.2 Å². The highest BCUT2D eigenvalue weighted by Crippen LogP contribution is 2.48. The summed E-state index contributed by atoms with van der Waals surface area (Å²) in [5, 5.41) is 6.05. The number of nitrogens with one attached hydrogen (secondary N) is 2. The van der Waals surface area contributed by atoms with Crippen molar-refractivity contribution in [2.45, 2.75) is 57.3 Å². The standard InChI is InChI=1S/C22H28N4O3/c23-9-16-7-15-6-14(16)8-18(15)24-10-12-1-2-13-11-26(22(29)17(13)5-12)19-3-4-20(27)25-21(19)28/h1-2,5,14-16,18-19,24H,3-4,6-11,23H2,(H,25,27,28). The maximum atomic E-state index is 12.9. The third kappa shape index (κ3) is 3.26. The molecule has 0 aromatic heterocycles. The summed E-state index contributed by atoms with van der Waals surface area (Å²) in [4.78, 5) is 38.1. The van der Waals surface area contributed by atoms with E-state index in [1.54, 1.807) is 4.90 Å². The summed E-state index contributed by atoms with van der Waals surface area (Å²) in [6.07, 6.45) is 4.42. The molecule has 2 saturated carbocycles. The summed E-state index contributed by atoms with van der Waals surface area (Å²) in [5.74, 6) is 1.47. The lowest BCUT2D eigenvalue weighted by Crippen LogP contribution is -2.52. The van der Waals surface area contributed by atoms with Gasteiger partial charge in [-0.25, -0.2) is 0 Å². The Morgan fingerprint density at radius 2 is 2.00 bits per heavy atom. The van der Waals surface area contributed by atoms with Crippen LogP contribution in [0.4, 0.5) is 0 Å². The number of hydrogen-bond acceptors (Lipinski definition) is 5. The van der Waals surface area contributed by atoms with Crippen LogP contribution in [0.25, 0.3) is 0 Å². The van der Waals surface area contributed by atoms with E-state index in [1.165, 1.54) is 19.3 Å². The Kier molecular flexibility index (Phi) is 4.67. The second kappa shape index (κ2) is 7.22. The fourth-order valence-corrected chi connectivity index (χ4v) is 5.89. The van der Waals surface area contributed by atoms with Crippen LogP contribution in [-0.2, 0) is 22.7 Å². The monoisotopic (exact) mass is 396 g/mol. The second-order valence-corrected chi connectivity index (χ2v) is 9.10. The number of carbonyl (C=O) groups is 3. The number of rotatable bonds is 5. The molecule has 1 saturated heterocycles. The Morgan fingerprint density at radius 1 is 1.14 bits per heavy atom. The number of nitrogens with two attached hydrogens (primary N) is 1. The van der Waals surface area contributed by atoms with E-state index in [9.17, 15) is 14.4 Å². The van der Waals surface area contributed by atoms with Gasteiger partial charge in [0.25, 0.3) is 5.91 Å². The van der Waals surface area contributed by atoms with E-state index in [0.29, 0.717) is 30.5 Å². The number of hydrogen-bond donors (Lipinski definition) is 3. The quantitative estimate of drug-likeness (QED) is 0.642. The van der Waals surface area contributed by atoms with Gasteiger partial charge < -0.3 is 16.0 Å². The fraction of sp³-hybridized carbons (Fsp3) is 0.591. The zero-order valence-electron chi connectivity index (χ0n) is 16.5. The van der Waals surface area contributed by atoms with E-state index >= 15 is 0 Å². The molecule has 5 unspecified atom stereocenters. The highest BCUT2D eigenvalue weighted by Gasteiger charge is 2.45. The smallest absolute Gasteiger partial charge is 0.255 e. The molecule has 3 amide bonds. The SMILES string of the molecule is NCC1CC2CC1CC2NCc1ccc2c(c1)C(=O)N(C1CCC(=O)NC1=O)C2. The zero-order chi connectivity index (χ0) is 20.1. The van der Waals surface area contributed by atoms with Gasteiger partial charge in [-0.2, -0.15) is 0 Å². The zero-order valence-corrected chi connectivity index (χ0v) is 16.5. The first-order valence-electron chi connectivity index (χ1n) is 10.7. The van der Waals surface area contributed by atoms with E-state index in [1.807, 2.05) is 12.1 Å². The molecule has 1 aromatic rings. The normalized spacial score (nSPS) is 33.3. The molecule has 7 nitrogen and oxygen atoms in total. The average Bonchev–Trinajstić information content (AvgIpc) is 3.39. The molecule has 2 heterocycles. The first kappa shape index (κ1) is 18.8. The van der Waals surface area contributed by atoms with Crippen molar-refractivity contribution in [3.05, 3.63) is 34.9 Å². The molecule has 0 radical (unpaired) electrons. The lowest BCUT2D eigenvalue weighted by atomic mass is 9.86. The minimum Gasteiger partial charge on any atom is -0.330 e. The summed E-state index contributed by atoms with van der Waals surface area (Å²) in [5.41, 5.74) is 8.61. The van der Waals surface area contributed by atoms with Gasteiger partial charge in [0, 0.05) is 31.1 Å². The van der Waals surface area contributed by atoms with Crippen molar-refractivity contribution in [2.75, 3.05) is 6.54 Å². The molecule has 4 N–H and O–H groups in total. The molecule has 2 aliphatic carbocycles. The van der Waals surface area contributed by atoms with Gasteiger partial charge in [-0.3, -0.25) is 19.7 Å². The number of fused-ring (bicyclic) bond motifs is 3. The van der Waals surface area contributed by atoms with Crippen molar-refractivity contribution in [2.24, 2.45) is 23.5 Å². The van der Waals surface area contributed by atoms with Crippen LogP contribution in [0.3, 0.4) is 0 Å². The maximum Gasteiger partial charge on any atom is 0.255 e. The third-order valence-electron chi connectivity index (χ3n) is 7.47. The molecule has 154 valence electrons. The van der Waals surface area contributed by atoms with Gasteiger partial charge in [-0.1, -0.05) is 12.1 Å². The molecule has 4 aliphatic rings. The molecular formula is C22H28N4O3. The summed E-state index contributed by atoms with van der Waals surface area (Å²) in [7, 11) is 0. The molecule has 3 fully saturated rings. The van der Waals surface area contributed by atoms with Crippen LogP contribution in [0, 0.1) is 17.8 Å². The lowest BCUT2D eigenvalue weighted by molar-refractivity contribution is -0.136. The van der Waals surface area contributed by atoms with Gasteiger partial charge in [0.15, 0.2) is 0 Å². The third-order valence-corrected chi connectivity index (χ3v) is 7.47. The summed E-state index contributed by atoms with van der Waals surface area (Å²) >= 11 is 0. The molecule has 29 heavy (non-hydrogen) atoms. The molecule has 0 spiro atoms. The molecule has 5 rings (SSSR count). The van der Waals surface area contributed by atoms with Gasteiger partial charge in [0.05, 0.1) is 0 Å². The summed E-state index contributed by atoms with van der Waals surface area (Å²) in [6.45, 7) is 1.99. The highest BCUT2D eigenvalue weighted by atomic mass is 16.2. The first-order valence-corrected chi connectivity index (χ1v) is 10.7. The molecule has 2 aliphatic heterocycles. The Bertz CT molecular complexity index is 870. The van der Waals surface area contributed by atoms with Gasteiger partial charge in [-0.05, 0) is 67.2 Å². The van der Waals surface area contributed by atoms with E-state index in [2.05, 4.69) is 16.7 Å². The minimum atomic E-state index is -0.557. The Labute approximate surface area is 170 Å². The lowest BCUT2D eigenvalue weighted by Gasteiger charge is -2.29. The second-order valence-electron chi connectivity index (χ2n) is 9.10. The number of nitrogens with zero attached hydrogens (tertiary/aromatic N) is 1. The maximum absolute atomic E-state index is 12.9. The van der Waals surface area contributed by atoms with Crippen LogP contribution < -0.4 is 16.4 Å². The summed E-state index contributed by atoms with van der Waals surface area (Å²) in [6, 6.07) is 6.03. The van der Waals surface area contributed by atoms with Crippen LogP contribution >= 0.6 is 0 Å². The number of imide groups is 1. The van der Waals surface area contributed by atoms with E-state index in [4.69, 9.17) is 5.73 Å². The largest absolute Gasteiger partial charge is 0.330 e. The minimum absolute atomic E-state index is 0.109. The van der Waals surface area contributed by atoms with Gasteiger partial charge in [0.2, 0.25) is 11.8 Å². The Hall–Kier alpha value is -2.25. The van der Waals surface area contributed by atoms with E-state index in [-0.39, 0.29) is 24.1 Å². The van der Waals surface area contributed by atoms with Gasteiger partial charge in [-0.15, -0.1) is 0 Å². The van der Waals surface area contributed by atoms with Crippen LogP contribution in [0.2, 0.25) is 0 Å². The molecule has 7 heteroatoms. The van der Waals surface area contributed by atoms with Gasteiger partial charge in [0.1, 0.15) is 6.04 Å². The van der Waals surface area contributed by atoms with Crippen LogP contribution in [0.1, 0.15) is 53.6 Å². The number of amides is 3. The van der Waals surface area contributed by atoms with Crippen LogP contribution in [0.5, 0.6) is 0 Å². The number of piperidine rings is 1. The van der Waals surface area contributed by atoms with Crippen molar-refractivity contribution in [3.8, 4) is 0 Å². The van der Waals surface area contributed by atoms with E-state index < -0.39 is 6.04 Å². The molecule has 2 bridgehead atoms. The Morgan fingerprint density at radius 3 is 2.72 bits per heavy atom. The highest BCUT2D eigenvalue weighted by molar-refractivity contribution is 6.05. The summed E-state index contributed by atoms with van der Waals surface area (Å²) < 4.78 is 0. The fourth-order valence-electron chi connectivity index (χ4n) is 5.89. The topological polar surface area (TPSA) is 105 Å². The van der Waals surface area contributed by atoms with Crippen molar-refractivity contribution in [1.29, 1.82) is 0 Å². The van der Waals surface area contributed by atoms with Crippen molar-refractivity contribution < 1.29 is 14.4 Å². The molecule has 5 atom stereocenters. The van der Waals surface area contributed by atoms with Crippen molar-refractivity contribution >= 4 is 17.7 Å². The number of benzene rings is 1. The predicted octanol–water partition coefficient (Wildman–Crippen LogP) is 0.911. The van der Waals surface area contributed by atoms with E-state index in [0.717, 1.165) is 36.1 Å². The predicted molar refractivity (Wildman–Crippen MR) is 106 cm³/mol. The van der Waals surface area contributed by atoms with Crippen molar-refractivity contribution in [1.82, 2.24) is 15.5 Å². The molecule has 1 aromatic carbocycles.